The molecule has 0 bridgehead atoms. The van der Waals surface area contributed by atoms with E-state index in [4.69, 9.17) is 0 Å². The van der Waals surface area contributed by atoms with Crippen molar-refractivity contribution in [3.8, 4) is 0 Å². The monoisotopic (exact) mass is 306 g/mol. The fourth-order valence-electron chi connectivity index (χ4n) is 3.05. The minimum absolute atomic E-state index is 0.561. The zero-order valence-corrected chi connectivity index (χ0v) is 14.0. The van der Waals surface area contributed by atoms with Gasteiger partial charge < -0.3 is 15.2 Å². The second kappa shape index (κ2) is 9.43. The molecule has 1 aliphatic carbocycles. The zero-order valence-electron chi connectivity index (χ0n) is 14.0. The fourth-order valence-corrected chi connectivity index (χ4v) is 3.05. The lowest BCUT2D eigenvalue weighted by Crippen LogP contribution is -2.37. The third-order valence-corrected chi connectivity index (χ3v) is 4.32. The Kier molecular flexibility index (Phi) is 7.19. The first-order valence-corrected chi connectivity index (χ1v) is 8.72. The van der Waals surface area contributed by atoms with Gasteiger partial charge in [-0.2, -0.15) is 0 Å². The number of hydrogen-bond donors (Lipinski definition) is 2. The van der Waals surface area contributed by atoms with Crippen LogP contribution in [-0.2, 0) is 13.1 Å². The van der Waals surface area contributed by atoms with Crippen molar-refractivity contribution in [3.63, 3.8) is 0 Å². The van der Waals surface area contributed by atoms with E-state index in [-0.39, 0.29) is 0 Å². The Morgan fingerprint density at radius 1 is 1.32 bits per heavy atom. The van der Waals surface area contributed by atoms with E-state index >= 15 is 0 Å². The molecule has 124 valence electrons. The van der Waals surface area contributed by atoms with E-state index in [9.17, 15) is 0 Å². The predicted molar refractivity (Wildman–Crippen MR) is 89.7 cm³/mol. The summed E-state index contributed by atoms with van der Waals surface area (Å²) < 4.78 is 2.02. The van der Waals surface area contributed by atoms with Gasteiger partial charge in [0.15, 0.2) is 11.8 Å². The van der Waals surface area contributed by atoms with Gasteiger partial charge >= 0.3 is 0 Å². The van der Waals surface area contributed by atoms with Gasteiger partial charge in [0.1, 0.15) is 12.9 Å². The molecule has 6 heteroatoms. The molecule has 1 heterocycles. The summed E-state index contributed by atoms with van der Waals surface area (Å²) in [5, 5.41) is 14.8. The Morgan fingerprint density at radius 3 is 2.86 bits per heavy atom. The molecule has 2 rings (SSSR count). The first-order chi connectivity index (χ1) is 10.8. The van der Waals surface area contributed by atoms with Crippen molar-refractivity contribution in [2.75, 3.05) is 13.1 Å². The maximum absolute atomic E-state index is 4.60. The highest BCUT2D eigenvalue weighted by Gasteiger charge is 2.14. The first-order valence-electron chi connectivity index (χ1n) is 8.72. The van der Waals surface area contributed by atoms with Gasteiger partial charge in [-0.15, -0.1) is 10.2 Å². The van der Waals surface area contributed by atoms with Crippen LogP contribution in [0.4, 0.5) is 0 Å². The average molecular weight is 306 g/mol. The summed E-state index contributed by atoms with van der Waals surface area (Å²) in [5.41, 5.74) is 0. The normalized spacial score (nSPS) is 16.2. The third-order valence-electron chi connectivity index (χ3n) is 4.32. The molecule has 0 aromatic carbocycles. The number of aromatic nitrogens is 3. The van der Waals surface area contributed by atoms with E-state index in [1.807, 2.05) is 4.57 Å². The summed E-state index contributed by atoms with van der Waals surface area (Å²) in [4.78, 5) is 4.60. The Balaban J connectivity index is 1.74. The third kappa shape index (κ3) is 5.31. The van der Waals surface area contributed by atoms with Crippen molar-refractivity contribution >= 4 is 5.96 Å². The summed E-state index contributed by atoms with van der Waals surface area (Å²) in [6.07, 6.45) is 10.0. The summed E-state index contributed by atoms with van der Waals surface area (Å²) >= 11 is 0. The molecule has 0 aliphatic heterocycles. The van der Waals surface area contributed by atoms with Gasteiger partial charge in [-0.25, -0.2) is 4.99 Å². The topological polar surface area (TPSA) is 67.1 Å². The maximum atomic E-state index is 4.60. The van der Waals surface area contributed by atoms with Crippen LogP contribution in [0.2, 0.25) is 0 Å². The first kappa shape index (κ1) is 16.8. The molecular formula is C16H30N6. The van der Waals surface area contributed by atoms with Crippen molar-refractivity contribution in [3.05, 3.63) is 12.2 Å². The van der Waals surface area contributed by atoms with E-state index in [2.05, 4.69) is 39.7 Å². The Bertz CT molecular complexity index is 447. The van der Waals surface area contributed by atoms with Gasteiger partial charge in [0.05, 0.1) is 0 Å². The number of nitrogens with one attached hydrogen (secondary N) is 2. The number of hydrogen-bond acceptors (Lipinski definition) is 3. The van der Waals surface area contributed by atoms with Crippen LogP contribution in [0.15, 0.2) is 11.3 Å². The number of aliphatic imine (C=N–C) groups is 1. The van der Waals surface area contributed by atoms with E-state index in [1.165, 1.54) is 38.5 Å². The lowest BCUT2D eigenvalue weighted by Gasteiger charge is -2.13. The van der Waals surface area contributed by atoms with Gasteiger partial charge in [0, 0.05) is 19.6 Å². The van der Waals surface area contributed by atoms with Crippen molar-refractivity contribution in [1.82, 2.24) is 25.4 Å². The molecule has 22 heavy (non-hydrogen) atoms. The smallest absolute Gasteiger partial charge is 0.191 e. The van der Waals surface area contributed by atoms with E-state index in [1.54, 1.807) is 6.33 Å². The second-order valence-electron chi connectivity index (χ2n) is 5.95. The van der Waals surface area contributed by atoms with Crippen LogP contribution in [0.5, 0.6) is 0 Å². The lowest BCUT2D eigenvalue weighted by molar-refractivity contribution is 0.481. The van der Waals surface area contributed by atoms with Gasteiger partial charge in [0.2, 0.25) is 0 Å². The molecule has 0 saturated heterocycles. The molecule has 2 N–H and O–H groups in total. The molecular weight excluding hydrogens is 276 g/mol. The van der Waals surface area contributed by atoms with Gasteiger partial charge in [0.25, 0.3) is 0 Å². The second-order valence-corrected chi connectivity index (χ2v) is 5.95. The van der Waals surface area contributed by atoms with E-state index in [0.717, 1.165) is 37.3 Å². The standard InChI is InChI=1S/C16H30N6/c1-3-17-16(18-11-7-10-14-8-5-6-9-14)19-12-15-21-20-13-22(15)4-2/h13-14H,3-12H2,1-2H3,(H2,17,18,19). The molecule has 6 nitrogen and oxygen atoms in total. The summed E-state index contributed by atoms with van der Waals surface area (Å²) in [7, 11) is 0. The van der Waals surface area contributed by atoms with Gasteiger partial charge in [-0.05, 0) is 32.6 Å². The maximum Gasteiger partial charge on any atom is 0.191 e. The van der Waals surface area contributed by atoms with Crippen LogP contribution in [0.25, 0.3) is 0 Å². The molecule has 0 unspecified atom stereocenters. The SMILES string of the molecule is CCNC(=NCc1nncn1CC)NCCCC1CCCC1. The Morgan fingerprint density at radius 2 is 2.14 bits per heavy atom. The average Bonchev–Trinajstić information content (AvgIpc) is 3.19. The highest BCUT2D eigenvalue weighted by molar-refractivity contribution is 5.79. The molecule has 0 radical (unpaired) electrons. The molecule has 0 amide bonds. The van der Waals surface area contributed by atoms with Crippen molar-refractivity contribution in [2.45, 2.75) is 65.5 Å². The van der Waals surface area contributed by atoms with Crippen molar-refractivity contribution in [2.24, 2.45) is 10.9 Å². The summed E-state index contributed by atoms with van der Waals surface area (Å²) in [6, 6.07) is 0. The quantitative estimate of drug-likeness (QED) is 0.439. The van der Waals surface area contributed by atoms with Crippen molar-refractivity contribution in [1.29, 1.82) is 0 Å². The Labute approximate surface area is 133 Å². The van der Waals surface area contributed by atoms with Gasteiger partial charge in [-0.3, -0.25) is 0 Å². The Hall–Kier alpha value is -1.59. The summed E-state index contributed by atoms with van der Waals surface area (Å²) in [5.74, 6) is 2.75. The lowest BCUT2D eigenvalue weighted by atomic mass is 10.0. The molecule has 0 atom stereocenters. The largest absolute Gasteiger partial charge is 0.357 e. The number of nitrogens with zero attached hydrogens (tertiary/aromatic N) is 4. The van der Waals surface area contributed by atoms with Crippen LogP contribution >= 0.6 is 0 Å². The molecule has 1 saturated carbocycles. The molecule has 1 aromatic rings. The van der Waals surface area contributed by atoms with E-state index < -0.39 is 0 Å². The number of rotatable bonds is 8. The van der Waals surface area contributed by atoms with Crippen LogP contribution in [0, 0.1) is 5.92 Å². The van der Waals surface area contributed by atoms with Crippen LogP contribution in [0.3, 0.4) is 0 Å². The minimum Gasteiger partial charge on any atom is -0.357 e. The van der Waals surface area contributed by atoms with E-state index in [0.29, 0.717) is 6.54 Å². The predicted octanol–water partition coefficient (Wildman–Crippen LogP) is 2.32. The number of guanidine groups is 1. The van der Waals surface area contributed by atoms with Gasteiger partial charge in [-0.1, -0.05) is 25.7 Å². The van der Waals surface area contributed by atoms with Crippen LogP contribution < -0.4 is 10.6 Å². The minimum atomic E-state index is 0.561. The molecule has 1 aromatic heterocycles. The fraction of sp³-hybridized carbons (Fsp3) is 0.812. The highest BCUT2D eigenvalue weighted by Crippen LogP contribution is 2.28. The number of aryl methyl sites for hydroxylation is 1. The molecule has 1 aliphatic rings. The van der Waals surface area contributed by atoms with Crippen LogP contribution in [-0.4, -0.2) is 33.8 Å². The van der Waals surface area contributed by atoms with Crippen molar-refractivity contribution < 1.29 is 0 Å². The zero-order chi connectivity index (χ0) is 15.6. The summed E-state index contributed by atoms with van der Waals surface area (Å²) in [6.45, 7) is 7.47. The molecule has 1 fully saturated rings. The highest BCUT2D eigenvalue weighted by atomic mass is 15.3. The van der Waals surface area contributed by atoms with Crippen LogP contribution in [0.1, 0.15) is 58.2 Å². The molecule has 0 spiro atoms.